The van der Waals surface area contributed by atoms with E-state index < -0.39 is 17.2 Å². The van der Waals surface area contributed by atoms with Crippen LogP contribution in [0.2, 0.25) is 0 Å². The van der Waals surface area contributed by atoms with E-state index in [0.29, 0.717) is 42.0 Å². The number of benzene rings is 2. The molecule has 1 heterocycles. The molecule has 0 bridgehead atoms. The summed E-state index contributed by atoms with van der Waals surface area (Å²) >= 11 is 0. The van der Waals surface area contributed by atoms with Crippen LogP contribution in [-0.4, -0.2) is 36.5 Å². The Morgan fingerprint density at radius 3 is 2.81 bits per heavy atom. The third-order valence-corrected chi connectivity index (χ3v) is 6.13. The van der Waals surface area contributed by atoms with Gasteiger partial charge in [0.05, 0.1) is 6.61 Å². The minimum absolute atomic E-state index is 0.214. The van der Waals surface area contributed by atoms with Crippen LogP contribution in [0.1, 0.15) is 34.3 Å². The summed E-state index contributed by atoms with van der Waals surface area (Å²) in [6.07, 6.45) is 3.94. The summed E-state index contributed by atoms with van der Waals surface area (Å²) in [5.41, 5.74) is 1.85. The van der Waals surface area contributed by atoms with E-state index in [4.69, 9.17) is 9.84 Å². The fraction of sp³-hybridized carbons (Fsp3) is 0.292. The first-order valence-corrected chi connectivity index (χ1v) is 10.3. The maximum Gasteiger partial charge on any atom is 0.327 e. The SMILES string of the molecule is CNC(=O)c1ccc2c(c1)[C@]1(CCO2)C[C@H]1C(=O)Nc1cc(F)ccc1CC=CC(=O)O. The molecule has 1 aliphatic heterocycles. The molecule has 4 rings (SSSR count). The third kappa shape index (κ3) is 4.08. The molecule has 3 N–H and O–H groups in total. The molecule has 2 aromatic rings. The van der Waals surface area contributed by atoms with Crippen molar-refractivity contribution in [2.75, 3.05) is 19.0 Å². The maximum absolute atomic E-state index is 13.8. The summed E-state index contributed by atoms with van der Waals surface area (Å²) in [4.78, 5) is 35.9. The molecule has 0 aromatic heterocycles. The maximum atomic E-state index is 13.8. The summed E-state index contributed by atoms with van der Waals surface area (Å²) in [5.74, 6) is -1.69. The van der Waals surface area contributed by atoms with E-state index in [1.165, 1.54) is 24.3 Å². The second-order valence-electron chi connectivity index (χ2n) is 8.04. The van der Waals surface area contributed by atoms with Gasteiger partial charge in [-0.25, -0.2) is 9.18 Å². The van der Waals surface area contributed by atoms with Gasteiger partial charge in [0.15, 0.2) is 0 Å². The zero-order valence-electron chi connectivity index (χ0n) is 17.5. The Labute approximate surface area is 184 Å². The highest BCUT2D eigenvalue weighted by Gasteiger charge is 2.61. The number of carboxylic acid groups (broad SMARTS) is 1. The molecule has 0 unspecified atom stereocenters. The van der Waals surface area contributed by atoms with Crippen LogP contribution in [0.15, 0.2) is 48.6 Å². The Kier molecular flexibility index (Phi) is 5.69. The minimum atomic E-state index is -1.08. The van der Waals surface area contributed by atoms with Crippen molar-refractivity contribution in [2.24, 2.45) is 5.92 Å². The van der Waals surface area contributed by atoms with Crippen LogP contribution in [0.3, 0.4) is 0 Å². The third-order valence-electron chi connectivity index (χ3n) is 6.13. The fourth-order valence-electron chi connectivity index (χ4n) is 4.38. The summed E-state index contributed by atoms with van der Waals surface area (Å²) in [6, 6.07) is 9.27. The minimum Gasteiger partial charge on any atom is -0.493 e. The molecule has 0 radical (unpaired) electrons. The number of fused-ring (bicyclic) bond motifs is 2. The molecule has 2 aliphatic rings. The van der Waals surface area contributed by atoms with Gasteiger partial charge in [0.2, 0.25) is 5.91 Å². The summed E-state index contributed by atoms with van der Waals surface area (Å²) in [7, 11) is 1.56. The van der Waals surface area contributed by atoms with Gasteiger partial charge in [0.25, 0.3) is 5.91 Å². The highest BCUT2D eigenvalue weighted by molar-refractivity contribution is 5.98. The average Bonchev–Trinajstić information content (AvgIpc) is 3.49. The molecule has 8 heteroatoms. The lowest BCUT2D eigenvalue weighted by Crippen LogP contribution is -2.28. The molecular weight excluding hydrogens is 415 g/mol. The van der Waals surface area contributed by atoms with Gasteiger partial charge in [-0.15, -0.1) is 0 Å². The van der Waals surface area contributed by atoms with Gasteiger partial charge in [-0.1, -0.05) is 12.1 Å². The number of hydrogen-bond donors (Lipinski definition) is 3. The van der Waals surface area contributed by atoms with E-state index in [-0.39, 0.29) is 24.2 Å². The van der Waals surface area contributed by atoms with Crippen LogP contribution in [0.5, 0.6) is 5.75 Å². The zero-order chi connectivity index (χ0) is 22.9. The number of ether oxygens (including phenoxy) is 1. The molecule has 1 spiro atoms. The number of aliphatic carboxylic acids is 1. The van der Waals surface area contributed by atoms with Gasteiger partial charge in [0.1, 0.15) is 11.6 Å². The molecule has 0 saturated heterocycles. The number of halogens is 1. The fourth-order valence-corrected chi connectivity index (χ4v) is 4.38. The molecule has 1 saturated carbocycles. The highest BCUT2D eigenvalue weighted by Crippen LogP contribution is 2.61. The van der Waals surface area contributed by atoms with Crippen LogP contribution >= 0.6 is 0 Å². The van der Waals surface area contributed by atoms with Crippen molar-refractivity contribution < 1.29 is 28.6 Å². The van der Waals surface area contributed by atoms with Crippen LogP contribution in [0.4, 0.5) is 10.1 Å². The zero-order valence-corrected chi connectivity index (χ0v) is 17.5. The van der Waals surface area contributed by atoms with Gasteiger partial charge in [-0.05, 0) is 55.2 Å². The van der Waals surface area contributed by atoms with Crippen molar-refractivity contribution in [3.05, 3.63) is 71.1 Å². The first kappa shape index (κ1) is 21.5. The first-order valence-electron chi connectivity index (χ1n) is 10.3. The van der Waals surface area contributed by atoms with E-state index in [1.54, 1.807) is 25.2 Å². The molecule has 166 valence electrons. The normalized spacial score (nSPS) is 21.0. The Balaban J connectivity index is 1.56. The van der Waals surface area contributed by atoms with Gasteiger partial charge in [-0.3, -0.25) is 9.59 Å². The number of anilines is 1. The standard InChI is InChI=1S/C24H23FN2O5/c1-26-22(30)15-6-8-20-17(11-15)24(9-10-32-20)13-18(24)23(31)27-19-12-16(25)7-5-14(19)3-2-4-21(28)29/h2,4-8,11-12,18H,3,9-10,13H2,1H3,(H,26,30)(H,27,31)(H,28,29)/t18-,24-/m0/s1. The number of rotatable bonds is 6. The lowest BCUT2D eigenvalue weighted by Gasteiger charge is -2.27. The van der Waals surface area contributed by atoms with E-state index in [9.17, 15) is 18.8 Å². The van der Waals surface area contributed by atoms with Gasteiger partial charge >= 0.3 is 5.97 Å². The average molecular weight is 438 g/mol. The van der Waals surface area contributed by atoms with E-state index in [0.717, 1.165) is 11.6 Å². The highest BCUT2D eigenvalue weighted by atomic mass is 19.1. The van der Waals surface area contributed by atoms with E-state index in [1.807, 2.05) is 0 Å². The molecule has 2 aromatic carbocycles. The van der Waals surface area contributed by atoms with Crippen molar-refractivity contribution >= 4 is 23.5 Å². The van der Waals surface area contributed by atoms with E-state index >= 15 is 0 Å². The van der Waals surface area contributed by atoms with E-state index in [2.05, 4.69) is 10.6 Å². The molecule has 32 heavy (non-hydrogen) atoms. The number of amides is 2. The van der Waals surface area contributed by atoms with Crippen molar-refractivity contribution in [1.29, 1.82) is 0 Å². The van der Waals surface area contributed by atoms with Gasteiger partial charge in [-0.2, -0.15) is 0 Å². The van der Waals surface area contributed by atoms with Gasteiger partial charge < -0.3 is 20.5 Å². The Morgan fingerprint density at radius 1 is 1.25 bits per heavy atom. The lowest BCUT2D eigenvalue weighted by atomic mass is 9.86. The largest absolute Gasteiger partial charge is 0.493 e. The quantitative estimate of drug-likeness (QED) is 0.602. The molecule has 2 amide bonds. The number of carboxylic acids is 1. The summed E-state index contributed by atoms with van der Waals surface area (Å²) in [5, 5.41) is 14.2. The number of carbonyl (C=O) groups excluding carboxylic acids is 2. The van der Waals surface area contributed by atoms with Gasteiger partial charge in [0, 0.05) is 41.3 Å². The second-order valence-corrected chi connectivity index (χ2v) is 8.04. The smallest absolute Gasteiger partial charge is 0.327 e. The Hall–Kier alpha value is -3.68. The number of nitrogens with one attached hydrogen (secondary N) is 2. The van der Waals surface area contributed by atoms with Crippen LogP contribution in [0.25, 0.3) is 0 Å². The molecular formula is C24H23FN2O5. The monoisotopic (exact) mass is 438 g/mol. The summed E-state index contributed by atoms with van der Waals surface area (Å²) in [6.45, 7) is 0.474. The van der Waals surface area contributed by atoms with Crippen molar-refractivity contribution in [1.82, 2.24) is 5.32 Å². The second kappa shape index (κ2) is 8.45. The number of hydrogen-bond acceptors (Lipinski definition) is 4. The predicted molar refractivity (Wildman–Crippen MR) is 115 cm³/mol. The molecule has 2 atom stereocenters. The van der Waals surface area contributed by atoms with Crippen molar-refractivity contribution in [2.45, 2.75) is 24.7 Å². The first-order chi connectivity index (χ1) is 15.3. The lowest BCUT2D eigenvalue weighted by molar-refractivity contribution is -0.131. The molecule has 7 nitrogen and oxygen atoms in total. The topological polar surface area (TPSA) is 105 Å². The predicted octanol–water partition coefficient (Wildman–Crippen LogP) is 3.05. The van der Waals surface area contributed by atoms with Crippen molar-refractivity contribution in [3.63, 3.8) is 0 Å². The molecule has 1 aliphatic carbocycles. The number of allylic oxidation sites excluding steroid dienone is 1. The van der Waals surface area contributed by atoms with Crippen LogP contribution in [0, 0.1) is 11.7 Å². The summed E-state index contributed by atoms with van der Waals surface area (Å²) < 4.78 is 19.6. The Bertz CT molecular complexity index is 1130. The van der Waals surface area contributed by atoms with Crippen molar-refractivity contribution in [3.8, 4) is 5.75 Å². The van der Waals surface area contributed by atoms with Crippen LogP contribution in [-0.2, 0) is 21.4 Å². The number of carbonyl (C=O) groups is 3. The molecule has 1 fully saturated rings. The van der Waals surface area contributed by atoms with Crippen LogP contribution < -0.4 is 15.4 Å². The Morgan fingerprint density at radius 2 is 2.06 bits per heavy atom.